The number of para-hydroxylation sites is 2. The average Bonchev–Trinajstić information content (AvgIpc) is 3.46. The SMILES string of the molecule is CC1(C)CC(=O)C2=C(C1)Nc1ccccc1N(CC(=O)NC[C@@H]1CCCO1)[C@@H]2c1cccs1. The molecule has 3 aliphatic rings. The second-order valence-corrected chi connectivity index (χ2v) is 10.9. The lowest BCUT2D eigenvalue weighted by Crippen LogP contribution is -2.43. The number of fused-ring (bicyclic) bond motifs is 1. The maximum absolute atomic E-state index is 13.5. The second kappa shape index (κ2) is 8.95. The summed E-state index contributed by atoms with van der Waals surface area (Å²) in [5, 5.41) is 8.69. The molecule has 1 aliphatic carbocycles. The maximum Gasteiger partial charge on any atom is 0.239 e. The molecular formula is C26H31N3O3S. The van der Waals surface area contributed by atoms with Crippen LogP contribution in [0.25, 0.3) is 0 Å². The third-order valence-corrected chi connectivity index (χ3v) is 7.61. The highest BCUT2D eigenvalue weighted by Gasteiger charge is 2.42. The van der Waals surface area contributed by atoms with Gasteiger partial charge >= 0.3 is 0 Å². The summed E-state index contributed by atoms with van der Waals surface area (Å²) in [5.74, 6) is 0.0965. The van der Waals surface area contributed by atoms with Gasteiger partial charge in [-0.25, -0.2) is 0 Å². The fraction of sp³-hybridized carbons (Fsp3) is 0.462. The quantitative estimate of drug-likeness (QED) is 0.672. The Balaban J connectivity index is 1.54. The number of Topliss-reactive ketones (excluding diaryl/α,β-unsaturated/α-hetero) is 1. The van der Waals surface area contributed by atoms with Gasteiger partial charge < -0.3 is 20.3 Å². The summed E-state index contributed by atoms with van der Waals surface area (Å²) in [7, 11) is 0. The van der Waals surface area contributed by atoms with Crippen LogP contribution in [-0.2, 0) is 14.3 Å². The first-order valence-electron chi connectivity index (χ1n) is 11.7. The number of allylic oxidation sites excluding steroid dienone is 1. The van der Waals surface area contributed by atoms with Crippen molar-refractivity contribution in [2.75, 3.05) is 29.9 Å². The number of ketones is 1. The first-order valence-corrected chi connectivity index (χ1v) is 12.6. The molecule has 6 nitrogen and oxygen atoms in total. The van der Waals surface area contributed by atoms with Crippen LogP contribution < -0.4 is 15.5 Å². The number of carbonyl (C=O) groups is 2. The zero-order valence-electron chi connectivity index (χ0n) is 19.2. The molecule has 174 valence electrons. The fourth-order valence-corrected chi connectivity index (χ4v) is 6.06. The summed E-state index contributed by atoms with van der Waals surface area (Å²) < 4.78 is 5.67. The van der Waals surface area contributed by atoms with Crippen LogP contribution in [0.1, 0.15) is 50.4 Å². The second-order valence-electron chi connectivity index (χ2n) is 9.96. The molecule has 0 radical (unpaired) electrons. The third kappa shape index (κ3) is 4.57. The summed E-state index contributed by atoms with van der Waals surface area (Å²) in [5.41, 5.74) is 3.53. The lowest BCUT2D eigenvalue weighted by Gasteiger charge is -2.37. The van der Waals surface area contributed by atoms with Crippen molar-refractivity contribution in [1.82, 2.24) is 5.32 Å². The van der Waals surface area contributed by atoms with Crippen molar-refractivity contribution >= 4 is 34.4 Å². The van der Waals surface area contributed by atoms with E-state index in [0.717, 1.165) is 53.4 Å². The minimum atomic E-state index is -0.298. The molecule has 7 heteroatoms. The van der Waals surface area contributed by atoms with E-state index in [9.17, 15) is 9.59 Å². The number of rotatable bonds is 5. The van der Waals surface area contributed by atoms with Gasteiger partial charge in [-0.05, 0) is 48.3 Å². The first kappa shape index (κ1) is 22.2. The predicted molar refractivity (Wildman–Crippen MR) is 132 cm³/mol. The number of anilines is 2. The number of hydrogen-bond donors (Lipinski definition) is 2. The summed E-state index contributed by atoms with van der Waals surface area (Å²) in [6, 6.07) is 11.8. The Kier molecular flexibility index (Phi) is 6.01. The zero-order valence-corrected chi connectivity index (χ0v) is 20.0. The molecule has 1 aromatic carbocycles. The van der Waals surface area contributed by atoms with Crippen LogP contribution in [0.2, 0.25) is 0 Å². The van der Waals surface area contributed by atoms with E-state index >= 15 is 0 Å². The minimum Gasteiger partial charge on any atom is -0.376 e. The van der Waals surface area contributed by atoms with Gasteiger partial charge in [0.15, 0.2) is 5.78 Å². The summed E-state index contributed by atoms with van der Waals surface area (Å²) in [6.07, 6.45) is 3.42. The van der Waals surface area contributed by atoms with Crippen molar-refractivity contribution < 1.29 is 14.3 Å². The Bertz CT molecular complexity index is 1070. The lowest BCUT2D eigenvalue weighted by atomic mass is 9.74. The van der Waals surface area contributed by atoms with Gasteiger partial charge in [0.1, 0.15) is 0 Å². The number of nitrogens with one attached hydrogen (secondary N) is 2. The summed E-state index contributed by atoms with van der Waals surface area (Å²) in [6.45, 7) is 5.74. The number of nitrogens with zero attached hydrogens (tertiary/aromatic N) is 1. The highest BCUT2D eigenvalue weighted by atomic mass is 32.1. The number of carbonyl (C=O) groups excluding carboxylic acids is 2. The van der Waals surface area contributed by atoms with Crippen molar-refractivity contribution in [1.29, 1.82) is 0 Å². The molecule has 0 saturated carbocycles. The van der Waals surface area contributed by atoms with Crippen LogP contribution in [0, 0.1) is 5.41 Å². The smallest absolute Gasteiger partial charge is 0.239 e. The van der Waals surface area contributed by atoms with E-state index < -0.39 is 0 Å². The van der Waals surface area contributed by atoms with Crippen molar-refractivity contribution in [3.05, 3.63) is 57.9 Å². The van der Waals surface area contributed by atoms with Gasteiger partial charge in [-0.1, -0.05) is 32.0 Å². The largest absolute Gasteiger partial charge is 0.376 e. The number of thiophene rings is 1. The van der Waals surface area contributed by atoms with Gasteiger partial charge in [0.25, 0.3) is 0 Å². The monoisotopic (exact) mass is 465 g/mol. The molecule has 1 fully saturated rings. The van der Waals surface area contributed by atoms with Gasteiger partial charge in [0, 0.05) is 35.7 Å². The predicted octanol–water partition coefficient (Wildman–Crippen LogP) is 4.66. The van der Waals surface area contributed by atoms with E-state index in [1.165, 1.54) is 0 Å². The zero-order chi connectivity index (χ0) is 23.0. The highest BCUT2D eigenvalue weighted by Crippen LogP contribution is 2.48. The Labute approximate surface area is 199 Å². The molecule has 0 bridgehead atoms. The van der Waals surface area contributed by atoms with E-state index in [-0.39, 0.29) is 35.8 Å². The standard InChI is InChI=1S/C26H31N3O3S/c1-26(2)13-19-24(21(30)14-26)25(22-10-6-12-33-22)29(20-9-4-3-8-18(20)28-19)16-23(31)27-15-17-7-5-11-32-17/h3-4,6,8-10,12,17,25,28H,5,7,11,13-16H2,1-2H3,(H,27,31)/t17-,25+/m0/s1. The lowest BCUT2D eigenvalue weighted by molar-refractivity contribution is -0.121. The Morgan fingerprint density at radius 1 is 1.24 bits per heavy atom. The number of ether oxygens (including phenoxy) is 1. The summed E-state index contributed by atoms with van der Waals surface area (Å²) >= 11 is 1.63. The molecule has 1 aromatic heterocycles. The van der Waals surface area contributed by atoms with Crippen molar-refractivity contribution in [2.45, 2.75) is 51.7 Å². The Morgan fingerprint density at radius 3 is 2.85 bits per heavy atom. The number of amides is 1. The highest BCUT2D eigenvalue weighted by molar-refractivity contribution is 7.10. The van der Waals surface area contributed by atoms with Gasteiger partial charge in [-0.3, -0.25) is 9.59 Å². The topological polar surface area (TPSA) is 70.7 Å². The van der Waals surface area contributed by atoms with Gasteiger partial charge in [0.05, 0.1) is 30.1 Å². The van der Waals surface area contributed by atoms with Crippen LogP contribution >= 0.6 is 11.3 Å². The van der Waals surface area contributed by atoms with Crippen LogP contribution in [0.3, 0.4) is 0 Å². The summed E-state index contributed by atoms with van der Waals surface area (Å²) in [4.78, 5) is 29.8. The maximum atomic E-state index is 13.5. The Morgan fingerprint density at radius 2 is 2.09 bits per heavy atom. The van der Waals surface area contributed by atoms with Crippen LogP contribution in [-0.4, -0.2) is 37.5 Å². The minimum absolute atomic E-state index is 0.0607. The van der Waals surface area contributed by atoms with Gasteiger partial charge in [-0.15, -0.1) is 11.3 Å². The van der Waals surface area contributed by atoms with Gasteiger partial charge in [0.2, 0.25) is 5.91 Å². The normalized spacial score (nSPS) is 24.1. The van der Waals surface area contributed by atoms with E-state index in [2.05, 4.69) is 35.4 Å². The molecule has 1 amide bonds. The van der Waals surface area contributed by atoms with E-state index in [1.807, 2.05) is 35.7 Å². The molecule has 2 aromatic rings. The van der Waals surface area contributed by atoms with Crippen LogP contribution in [0.15, 0.2) is 53.0 Å². The van der Waals surface area contributed by atoms with E-state index in [0.29, 0.717) is 13.0 Å². The molecule has 2 atom stereocenters. The fourth-order valence-electron chi connectivity index (χ4n) is 5.21. The first-order chi connectivity index (χ1) is 15.9. The number of hydrogen-bond acceptors (Lipinski definition) is 6. The third-order valence-electron chi connectivity index (χ3n) is 6.68. The molecule has 0 unspecified atom stereocenters. The molecule has 0 spiro atoms. The van der Waals surface area contributed by atoms with Crippen molar-refractivity contribution in [3.63, 3.8) is 0 Å². The molecule has 3 heterocycles. The molecule has 5 rings (SSSR count). The molecule has 2 aliphatic heterocycles. The molecule has 33 heavy (non-hydrogen) atoms. The van der Waals surface area contributed by atoms with Crippen LogP contribution in [0.5, 0.6) is 0 Å². The average molecular weight is 466 g/mol. The van der Waals surface area contributed by atoms with E-state index in [4.69, 9.17) is 4.74 Å². The molecule has 1 saturated heterocycles. The van der Waals surface area contributed by atoms with Gasteiger partial charge in [-0.2, -0.15) is 0 Å². The van der Waals surface area contributed by atoms with E-state index in [1.54, 1.807) is 11.3 Å². The molecular weight excluding hydrogens is 434 g/mol. The van der Waals surface area contributed by atoms with Crippen molar-refractivity contribution in [3.8, 4) is 0 Å². The van der Waals surface area contributed by atoms with Crippen molar-refractivity contribution in [2.24, 2.45) is 5.41 Å². The molecule has 2 N–H and O–H groups in total. The van der Waals surface area contributed by atoms with Crippen LogP contribution in [0.4, 0.5) is 11.4 Å². The number of benzene rings is 1. The Hall–Kier alpha value is -2.64.